The molecule has 1 aliphatic heterocycles. The van der Waals surface area contributed by atoms with Crippen LogP contribution < -0.4 is 4.74 Å². The van der Waals surface area contributed by atoms with Gasteiger partial charge in [-0.25, -0.2) is 0 Å². The Hall–Kier alpha value is -3.14. The number of ether oxygens (including phenoxy) is 6. The largest absolute Gasteiger partial charge is 0.463 e. The molecule has 2 rings (SSSR count). The first-order valence-electron chi connectivity index (χ1n) is 11.0. The molecule has 34 heavy (non-hydrogen) atoms. The first-order chi connectivity index (χ1) is 15.9. The van der Waals surface area contributed by atoms with E-state index in [-0.39, 0.29) is 12.5 Å². The van der Waals surface area contributed by atoms with Crippen LogP contribution in [-0.2, 0) is 42.9 Å². The van der Waals surface area contributed by atoms with E-state index in [2.05, 4.69) is 0 Å². The minimum Gasteiger partial charge on any atom is -0.463 e. The highest BCUT2D eigenvalue weighted by Crippen LogP contribution is 2.33. The van der Waals surface area contributed by atoms with E-state index < -0.39 is 54.6 Å². The average molecular weight is 481 g/mol. The van der Waals surface area contributed by atoms with Crippen LogP contribution in [0.2, 0.25) is 0 Å². The van der Waals surface area contributed by atoms with E-state index in [1.165, 1.54) is 13.8 Å². The number of esters is 4. The van der Waals surface area contributed by atoms with Crippen molar-refractivity contribution in [2.24, 2.45) is 0 Å². The van der Waals surface area contributed by atoms with E-state index in [1.807, 2.05) is 39.0 Å². The van der Waals surface area contributed by atoms with Crippen LogP contribution in [0.4, 0.5) is 0 Å². The molecule has 0 spiro atoms. The lowest BCUT2D eigenvalue weighted by Crippen LogP contribution is -2.63. The Morgan fingerprint density at radius 3 is 1.94 bits per heavy atom. The summed E-state index contributed by atoms with van der Waals surface area (Å²) in [5.74, 6) is -1.99. The van der Waals surface area contributed by atoms with E-state index >= 15 is 0 Å². The molecule has 0 radical (unpaired) electrons. The van der Waals surface area contributed by atoms with Crippen LogP contribution in [0, 0.1) is 6.92 Å². The van der Waals surface area contributed by atoms with Gasteiger partial charge in [0, 0.05) is 27.7 Å². The molecular formula is C24H32O10. The van der Waals surface area contributed by atoms with Crippen LogP contribution in [-0.4, -0.2) is 61.2 Å². The van der Waals surface area contributed by atoms with Gasteiger partial charge in [0.1, 0.15) is 18.5 Å². The lowest BCUT2D eigenvalue weighted by molar-refractivity contribution is -0.288. The maximum Gasteiger partial charge on any atom is 0.303 e. The Morgan fingerprint density at radius 2 is 1.41 bits per heavy atom. The fourth-order valence-corrected chi connectivity index (χ4v) is 3.51. The first kappa shape index (κ1) is 27.1. The number of aryl methyl sites for hydroxylation is 1. The second-order valence-corrected chi connectivity index (χ2v) is 8.37. The molecule has 10 heteroatoms. The SMILES string of the molecule is CC(=O)OC[C@@H]1O[C@H](Oc2cc(C(C)C)ccc2C)[C@H](OC(C)=O)[C@H](OC(C)=O)[C@@H]1OC(C)=O. The third-order valence-corrected chi connectivity index (χ3v) is 5.07. The van der Waals surface area contributed by atoms with Crippen molar-refractivity contribution in [3.63, 3.8) is 0 Å². The highest BCUT2D eigenvalue weighted by Gasteiger charge is 2.53. The number of hydrogen-bond acceptors (Lipinski definition) is 10. The number of benzene rings is 1. The molecule has 1 fully saturated rings. The average Bonchev–Trinajstić information content (AvgIpc) is 2.71. The summed E-state index contributed by atoms with van der Waals surface area (Å²) in [6.45, 7) is 10.3. The van der Waals surface area contributed by atoms with Crippen LogP contribution in [0.25, 0.3) is 0 Å². The zero-order chi connectivity index (χ0) is 25.6. The van der Waals surface area contributed by atoms with Gasteiger partial charge in [0.2, 0.25) is 12.4 Å². The predicted octanol–water partition coefficient (Wildman–Crippen LogP) is 2.58. The standard InChI is InChI=1S/C24H32O10/c1-12(2)18-9-8-13(3)19(10-18)33-24-23(32-17(7)28)22(31-16(6)27)21(30-15(5)26)20(34-24)11-29-14(4)25/h8-10,12,20-24H,11H2,1-7H3/t20-,21+,22+,23+,24-/m0/s1. The lowest BCUT2D eigenvalue weighted by Gasteiger charge is -2.44. The van der Waals surface area contributed by atoms with Crippen molar-refractivity contribution in [3.8, 4) is 5.75 Å². The first-order valence-corrected chi connectivity index (χ1v) is 11.0. The summed E-state index contributed by atoms with van der Waals surface area (Å²) in [5, 5.41) is 0. The molecule has 0 N–H and O–H groups in total. The van der Waals surface area contributed by atoms with Gasteiger partial charge in [0.15, 0.2) is 12.2 Å². The minimum absolute atomic E-state index is 0.221. The van der Waals surface area contributed by atoms with Crippen molar-refractivity contribution in [3.05, 3.63) is 29.3 Å². The molecule has 0 aliphatic carbocycles. The molecule has 1 aromatic rings. The summed E-state index contributed by atoms with van der Waals surface area (Å²) in [6, 6.07) is 5.70. The van der Waals surface area contributed by atoms with Crippen molar-refractivity contribution >= 4 is 23.9 Å². The lowest BCUT2D eigenvalue weighted by atomic mass is 9.97. The number of rotatable bonds is 8. The topological polar surface area (TPSA) is 124 Å². The quantitative estimate of drug-likeness (QED) is 0.405. The zero-order valence-electron chi connectivity index (χ0n) is 20.5. The Morgan fingerprint density at radius 1 is 0.853 bits per heavy atom. The fourth-order valence-electron chi connectivity index (χ4n) is 3.51. The Kier molecular flexibility index (Phi) is 9.43. The van der Waals surface area contributed by atoms with Crippen molar-refractivity contribution in [1.82, 2.24) is 0 Å². The molecule has 5 atom stereocenters. The molecule has 1 aliphatic rings. The summed E-state index contributed by atoms with van der Waals surface area (Å²) in [7, 11) is 0. The minimum atomic E-state index is -1.28. The number of carbonyl (C=O) groups excluding carboxylic acids is 4. The summed E-state index contributed by atoms with van der Waals surface area (Å²) in [5.41, 5.74) is 1.79. The fraction of sp³-hybridized carbons (Fsp3) is 0.583. The van der Waals surface area contributed by atoms with Gasteiger partial charge in [-0.1, -0.05) is 26.0 Å². The van der Waals surface area contributed by atoms with Gasteiger partial charge in [-0.3, -0.25) is 19.2 Å². The zero-order valence-corrected chi connectivity index (χ0v) is 20.5. The Labute approximate surface area is 198 Å². The van der Waals surface area contributed by atoms with Gasteiger partial charge < -0.3 is 28.4 Å². The highest BCUT2D eigenvalue weighted by atomic mass is 16.7. The summed E-state index contributed by atoms with van der Waals surface area (Å²) < 4.78 is 33.4. The van der Waals surface area contributed by atoms with E-state index in [9.17, 15) is 19.2 Å². The van der Waals surface area contributed by atoms with Crippen LogP contribution in [0.15, 0.2) is 18.2 Å². The molecule has 0 unspecified atom stereocenters. The molecule has 1 saturated heterocycles. The monoisotopic (exact) mass is 480 g/mol. The predicted molar refractivity (Wildman–Crippen MR) is 118 cm³/mol. The van der Waals surface area contributed by atoms with Gasteiger partial charge >= 0.3 is 23.9 Å². The second kappa shape index (κ2) is 11.8. The summed E-state index contributed by atoms with van der Waals surface area (Å²) >= 11 is 0. The molecule has 0 bridgehead atoms. The third kappa shape index (κ3) is 7.44. The smallest absolute Gasteiger partial charge is 0.303 e. The van der Waals surface area contributed by atoms with Crippen molar-refractivity contribution in [2.75, 3.05) is 6.61 Å². The molecule has 0 saturated carbocycles. The van der Waals surface area contributed by atoms with E-state index in [4.69, 9.17) is 28.4 Å². The van der Waals surface area contributed by atoms with E-state index in [0.717, 1.165) is 25.0 Å². The second-order valence-electron chi connectivity index (χ2n) is 8.37. The molecule has 1 aromatic carbocycles. The van der Waals surface area contributed by atoms with E-state index in [1.54, 1.807) is 0 Å². The molecule has 0 amide bonds. The van der Waals surface area contributed by atoms with Gasteiger partial charge in [0.05, 0.1) is 0 Å². The van der Waals surface area contributed by atoms with Gasteiger partial charge in [-0.15, -0.1) is 0 Å². The molecule has 188 valence electrons. The normalized spacial score (nSPS) is 24.2. The maximum atomic E-state index is 11.9. The van der Waals surface area contributed by atoms with Gasteiger partial charge in [-0.2, -0.15) is 0 Å². The molecular weight excluding hydrogens is 448 g/mol. The molecule has 1 heterocycles. The van der Waals surface area contributed by atoms with Crippen LogP contribution in [0.1, 0.15) is 58.6 Å². The van der Waals surface area contributed by atoms with Crippen LogP contribution in [0.3, 0.4) is 0 Å². The van der Waals surface area contributed by atoms with Crippen molar-refractivity contribution in [2.45, 2.75) is 85.1 Å². The third-order valence-electron chi connectivity index (χ3n) is 5.07. The highest BCUT2D eigenvalue weighted by molar-refractivity contribution is 5.68. The summed E-state index contributed by atoms with van der Waals surface area (Å²) in [6.07, 6.45) is -6.11. The van der Waals surface area contributed by atoms with Gasteiger partial charge in [-0.05, 0) is 30.0 Å². The van der Waals surface area contributed by atoms with Gasteiger partial charge in [0.25, 0.3) is 0 Å². The number of carbonyl (C=O) groups is 4. The van der Waals surface area contributed by atoms with Crippen LogP contribution in [0.5, 0.6) is 5.75 Å². The summed E-state index contributed by atoms with van der Waals surface area (Å²) in [4.78, 5) is 47.1. The molecule has 10 nitrogen and oxygen atoms in total. The van der Waals surface area contributed by atoms with Crippen molar-refractivity contribution in [1.29, 1.82) is 0 Å². The van der Waals surface area contributed by atoms with E-state index in [0.29, 0.717) is 5.75 Å². The number of hydrogen-bond donors (Lipinski definition) is 0. The maximum absolute atomic E-state index is 11.9. The Balaban J connectivity index is 2.51. The van der Waals surface area contributed by atoms with Crippen LogP contribution >= 0.6 is 0 Å². The molecule has 0 aromatic heterocycles. The Bertz CT molecular complexity index is 909. The van der Waals surface area contributed by atoms with Crippen molar-refractivity contribution < 1.29 is 47.6 Å².